The van der Waals surface area contributed by atoms with Crippen LogP contribution in [0.4, 0.5) is 5.69 Å². The molecule has 5 aromatic rings. The van der Waals surface area contributed by atoms with Gasteiger partial charge in [-0.3, -0.25) is 10.1 Å². The fraction of sp³-hybridized carbons (Fsp3) is 0.0333. The van der Waals surface area contributed by atoms with Gasteiger partial charge in [-0.1, -0.05) is 53.5 Å². The van der Waals surface area contributed by atoms with Crippen molar-refractivity contribution in [1.29, 1.82) is 0 Å². The molecule has 0 atom stereocenters. The molecule has 194 valence electrons. The second-order valence-electron chi connectivity index (χ2n) is 8.62. The molecule has 3 aromatic carbocycles. The number of hydrogen-bond acceptors (Lipinski definition) is 5. The Bertz CT molecular complexity index is 1820. The van der Waals surface area contributed by atoms with Crippen LogP contribution in [0.25, 0.3) is 39.5 Å². The summed E-state index contributed by atoms with van der Waals surface area (Å²) in [6, 6.07) is 23.2. The standard InChI is InChI=1S/C30H20Cl2N2O4S/c1-17-6-7-18(23-14-19-4-2-3-5-26(19)38-29(23)36)15-25(17)33-30(39)34-28(35)13-10-21-9-12-27(37-21)22-11-8-20(31)16-24(22)32/h2-16H,1H3,(H2,33,34,35,39)/b13-10+. The Balaban J connectivity index is 1.26. The van der Waals surface area contributed by atoms with Crippen LogP contribution in [0.5, 0.6) is 0 Å². The fourth-order valence-corrected chi connectivity index (χ4v) is 4.64. The third-order valence-electron chi connectivity index (χ3n) is 5.90. The number of halogens is 2. The number of nitrogens with one attached hydrogen (secondary N) is 2. The molecule has 6 nitrogen and oxygen atoms in total. The van der Waals surface area contributed by atoms with Gasteiger partial charge in [-0.25, -0.2) is 4.79 Å². The average Bonchev–Trinajstić information content (AvgIpc) is 3.37. The van der Waals surface area contributed by atoms with Gasteiger partial charge >= 0.3 is 5.63 Å². The Morgan fingerprint density at radius 1 is 0.923 bits per heavy atom. The van der Waals surface area contributed by atoms with Crippen molar-refractivity contribution in [2.45, 2.75) is 6.92 Å². The number of hydrogen-bond donors (Lipinski definition) is 2. The van der Waals surface area contributed by atoms with Crippen molar-refractivity contribution in [1.82, 2.24) is 5.32 Å². The predicted octanol–water partition coefficient (Wildman–Crippen LogP) is 7.86. The minimum absolute atomic E-state index is 0.100. The monoisotopic (exact) mass is 574 g/mol. The third-order valence-corrected chi connectivity index (χ3v) is 6.65. The van der Waals surface area contributed by atoms with Crippen molar-refractivity contribution in [3.63, 3.8) is 0 Å². The van der Waals surface area contributed by atoms with Crippen molar-refractivity contribution in [2.24, 2.45) is 0 Å². The first-order valence-corrected chi connectivity index (χ1v) is 12.9. The van der Waals surface area contributed by atoms with E-state index in [1.54, 1.807) is 48.5 Å². The summed E-state index contributed by atoms with van der Waals surface area (Å²) in [6.07, 6.45) is 2.83. The van der Waals surface area contributed by atoms with Crippen molar-refractivity contribution < 1.29 is 13.6 Å². The molecule has 2 aromatic heterocycles. The first-order valence-electron chi connectivity index (χ1n) is 11.8. The van der Waals surface area contributed by atoms with Crippen molar-refractivity contribution in [3.05, 3.63) is 117 Å². The normalized spacial score (nSPS) is 11.2. The molecular formula is C30H20Cl2N2O4S. The summed E-state index contributed by atoms with van der Waals surface area (Å²) in [5.74, 6) is 0.562. The van der Waals surface area contributed by atoms with Crippen LogP contribution in [0, 0.1) is 6.92 Å². The molecule has 0 bridgehead atoms. The number of thiocarbonyl (C=S) groups is 1. The molecule has 39 heavy (non-hydrogen) atoms. The third kappa shape index (κ3) is 6.12. The molecule has 0 saturated carbocycles. The SMILES string of the molecule is Cc1ccc(-c2cc3ccccc3oc2=O)cc1NC(=S)NC(=O)/C=C/c1ccc(-c2ccc(Cl)cc2Cl)o1. The van der Waals surface area contributed by atoms with E-state index in [-0.39, 0.29) is 5.11 Å². The summed E-state index contributed by atoms with van der Waals surface area (Å²) in [6.45, 7) is 1.89. The Hall–Kier alpha value is -4.17. The molecule has 0 aliphatic rings. The summed E-state index contributed by atoms with van der Waals surface area (Å²) in [4.78, 5) is 25.1. The van der Waals surface area contributed by atoms with Gasteiger partial charge in [-0.2, -0.15) is 0 Å². The Kier molecular flexibility index (Phi) is 7.65. The molecule has 1 amide bonds. The van der Waals surface area contributed by atoms with E-state index in [1.807, 2.05) is 37.3 Å². The number of anilines is 1. The summed E-state index contributed by atoms with van der Waals surface area (Å²) in [5.41, 5.74) is 3.37. The maximum absolute atomic E-state index is 12.6. The van der Waals surface area contributed by atoms with E-state index in [1.165, 1.54) is 12.2 Å². The summed E-state index contributed by atoms with van der Waals surface area (Å²) >= 11 is 17.5. The quantitative estimate of drug-likeness (QED) is 0.126. The molecule has 0 aliphatic carbocycles. The zero-order valence-corrected chi connectivity index (χ0v) is 22.8. The Morgan fingerprint density at radius 3 is 2.56 bits per heavy atom. The highest BCUT2D eigenvalue weighted by Crippen LogP contribution is 2.32. The minimum Gasteiger partial charge on any atom is -0.457 e. The number of benzene rings is 3. The van der Waals surface area contributed by atoms with E-state index in [0.717, 1.165) is 10.9 Å². The second kappa shape index (κ2) is 11.3. The predicted molar refractivity (Wildman–Crippen MR) is 160 cm³/mol. The van der Waals surface area contributed by atoms with Crippen LogP contribution in [0.2, 0.25) is 10.0 Å². The van der Waals surface area contributed by atoms with Crippen LogP contribution in [-0.4, -0.2) is 11.0 Å². The highest BCUT2D eigenvalue weighted by atomic mass is 35.5. The molecular weight excluding hydrogens is 555 g/mol. The largest absolute Gasteiger partial charge is 0.457 e. The topological polar surface area (TPSA) is 84.5 Å². The van der Waals surface area contributed by atoms with Crippen LogP contribution in [0.3, 0.4) is 0 Å². The molecule has 2 N–H and O–H groups in total. The number of para-hydroxylation sites is 1. The van der Waals surface area contributed by atoms with Gasteiger partial charge in [0, 0.05) is 27.7 Å². The van der Waals surface area contributed by atoms with Crippen LogP contribution in [0.1, 0.15) is 11.3 Å². The molecule has 5 rings (SSSR count). The molecule has 0 radical (unpaired) electrons. The maximum atomic E-state index is 12.6. The van der Waals surface area contributed by atoms with Gasteiger partial charge in [0.05, 0.1) is 10.6 Å². The number of amides is 1. The van der Waals surface area contributed by atoms with E-state index in [4.69, 9.17) is 44.3 Å². The van der Waals surface area contributed by atoms with Gasteiger partial charge in [-0.15, -0.1) is 0 Å². The van der Waals surface area contributed by atoms with Gasteiger partial charge in [0.25, 0.3) is 0 Å². The van der Waals surface area contributed by atoms with Gasteiger partial charge in [-0.05, 0) is 84.9 Å². The van der Waals surface area contributed by atoms with Crippen molar-refractivity contribution in [2.75, 3.05) is 5.32 Å². The number of rotatable bonds is 5. The van der Waals surface area contributed by atoms with Crippen molar-refractivity contribution >= 4 is 69.2 Å². The Morgan fingerprint density at radius 2 is 1.74 bits per heavy atom. The van der Waals surface area contributed by atoms with Gasteiger partial charge in [0.15, 0.2) is 5.11 Å². The lowest BCUT2D eigenvalue weighted by Crippen LogP contribution is -2.33. The number of carbonyl (C=O) groups is 1. The first-order chi connectivity index (χ1) is 18.8. The molecule has 2 heterocycles. The zero-order chi connectivity index (χ0) is 27.5. The summed E-state index contributed by atoms with van der Waals surface area (Å²) in [7, 11) is 0. The molecule has 0 unspecified atom stereocenters. The van der Waals surface area contributed by atoms with Crippen LogP contribution in [-0.2, 0) is 4.79 Å². The van der Waals surface area contributed by atoms with Crippen LogP contribution < -0.4 is 16.3 Å². The van der Waals surface area contributed by atoms with E-state index in [9.17, 15) is 9.59 Å². The molecule has 0 aliphatic heterocycles. The molecule has 0 saturated heterocycles. The highest BCUT2D eigenvalue weighted by Gasteiger charge is 2.12. The van der Waals surface area contributed by atoms with Gasteiger partial charge in [0.2, 0.25) is 5.91 Å². The number of furan rings is 1. The molecule has 9 heteroatoms. The van der Waals surface area contributed by atoms with Gasteiger partial charge < -0.3 is 14.2 Å². The molecule has 0 fully saturated rings. The lowest BCUT2D eigenvalue weighted by molar-refractivity contribution is -0.115. The second-order valence-corrected chi connectivity index (χ2v) is 9.87. The van der Waals surface area contributed by atoms with E-state index in [0.29, 0.717) is 49.5 Å². The summed E-state index contributed by atoms with van der Waals surface area (Å²) < 4.78 is 11.2. The van der Waals surface area contributed by atoms with Crippen LogP contribution >= 0.6 is 35.4 Å². The fourth-order valence-electron chi connectivity index (χ4n) is 3.93. The smallest absolute Gasteiger partial charge is 0.344 e. The highest BCUT2D eigenvalue weighted by molar-refractivity contribution is 7.80. The summed E-state index contributed by atoms with van der Waals surface area (Å²) in [5, 5.41) is 7.54. The minimum atomic E-state index is -0.445. The first kappa shape index (κ1) is 26.4. The lowest BCUT2D eigenvalue weighted by Gasteiger charge is -2.12. The number of carbonyl (C=O) groups excluding carboxylic acids is 1. The van der Waals surface area contributed by atoms with Gasteiger partial charge in [0.1, 0.15) is 17.1 Å². The maximum Gasteiger partial charge on any atom is 0.344 e. The van der Waals surface area contributed by atoms with E-state index in [2.05, 4.69) is 10.6 Å². The van der Waals surface area contributed by atoms with Crippen molar-refractivity contribution in [3.8, 4) is 22.5 Å². The zero-order valence-electron chi connectivity index (χ0n) is 20.5. The Labute approximate surface area is 238 Å². The number of fused-ring (bicyclic) bond motifs is 1. The van der Waals surface area contributed by atoms with E-state index >= 15 is 0 Å². The van der Waals surface area contributed by atoms with E-state index < -0.39 is 11.5 Å². The van der Waals surface area contributed by atoms with Crippen LogP contribution in [0.15, 0.2) is 98.6 Å². The molecule has 0 spiro atoms. The lowest BCUT2D eigenvalue weighted by atomic mass is 10.0. The number of aryl methyl sites for hydroxylation is 1. The average molecular weight is 575 g/mol.